The highest BCUT2D eigenvalue weighted by molar-refractivity contribution is 7.89. The lowest BCUT2D eigenvalue weighted by atomic mass is 10.2. The number of amides is 1. The van der Waals surface area contributed by atoms with Gasteiger partial charge in [-0.25, -0.2) is 13.3 Å². The van der Waals surface area contributed by atoms with Crippen LogP contribution in [-0.2, 0) is 14.8 Å². The first-order valence-electron chi connectivity index (χ1n) is 9.97. The number of carbonyl (C=O) groups excluding carboxylic acids is 1. The summed E-state index contributed by atoms with van der Waals surface area (Å²) in [6.45, 7) is 10.3. The SMILES string of the molecule is [C-]#[N+]c1ccc(S(=O)(=O)N2C3CCC2CN(CC(=O)Nc2ccccc2C)C3)cc1. The third-order valence-corrected chi connectivity index (χ3v) is 7.84. The Hall–Kier alpha value is -2.73. The summed E-state index contributed by atoms with van der Waals surface area (Å²) in [5.74, 6) is -0.0882. The van der Waals surface area contributed by atoms with E-state index in [2.05, 4.69) is 10.2 Å². The second kappa shape index (κ2) is 8.19. The zero-order valence-electron chi connectivity index (χ0n) is 16.8. The molecule has 30 heavy (non-hydrogen) atoms. The molecule has 8 heteroatoms. The Labute approximate surface area is 177 Å². The van der Waals surface area contributed by atoms with Crippen molar-refractivity contribution in [2.45, 2.75) is 36.7 Å². The second-order valence-electron chi connectivity index (χ2n) is 7.88. The Kier molecular flexibility index (Phi) is 5.60. The van der Waals surface area contributed by atoms with E-state index in [4.69, 9.17) is 6.57 Å². The molecule has 2 aliphatic rings. The van der Waals surface area contributed by atoms with Crippen LogP contribution in [0.15, 0.2) is 53.4 Å². The zero-order chi connectivity index (χ0) is 21.3. The zero-order valence-corrected chi connectivity index (χ0v) is 17.6. The molecule has 2 aliphatic heterocycles. The number of likely N-dealkylation sites (tertiary alicyclic amines) is 1. The highest BCUT2D eigenvalue weighted by atomic mass is 32.2. The fourth-order valence-electron chi connectivity index (χ4n) is 4.39. The molecule has 4 rings (SSSR count). The summed E-state index contributed by atoms with van der Waals surface area (Å²) < 4.78 is 28.0. The number of hydrogen-bond acceptors (Lipinski definition) is 4. The molecule has 0 spiro atoms. The van der Waals surface area contributed by atoms with Crippen molar-refractivity contribution < 1.29 is 13.2 Å². The van der Waals surface area contributed by atoms with Gasteiger partial charge < -0.3 is 5.32 Å². The van der Waals surface area contributed by atoms with Crippen LogP contribution < -0.4 is 5.32 Å². The molecule has 0 aliphatic carbocycles. The third kappa shape index (κ3) is 3.97. The van der Waals surface area contributed by atoms with Crippen molar-refractivity contribution in [2.75, 3.05) is 25.0 Å². The summed E-state index contributed by atoms with van der Waals surface area (Å²) in [5.41, 5.74) is 2.22. The Morgan fingerprint density at radius 1 is 1.10 bits per heavy atom. The first-order valence-corrected chi connectivity index (χ1v) is 11.4. The molecule has 1 amide bonds. The van der Waals surface area contributed by atoms with E-state index in [0.717, 1.165) is 24.1 Å². The molecular formula is C22H24N4O3S. The van der Waals surface area contributed by atoms with Gasteiger partial charge in [0.05, 0.1) is 18.0 Å². The van der Waals surface area contributed by atoms with E-state index in [1.807, 2.05) is 36.1 Å². The van der Waals surface area contributed by atoms with Gasteiger partial charge in [0.15, 0.2) is 5.69 Å². The van der Waals surface area contributed by atoms with Gasteiger partial charge in [0.25, 0.3) is 0 Å². The van der Waals surface area contributed by atoms with Crippen molar-refractivity contribution >= 4 is 27.3 Å². The molecule has 0 saturated carbocycles. The topological polar surface area (TPSA) is 74.1 Å². The molecule has 2 bridgehead atoms. The highest BCUT2D eigenvalue weighted by Crippen LogP contribution is 2.35. The van der Waals surface area contributed by atoms with E-state index in [-0.39, 0.29) is 29.4 Å². The average molecular weight is 425 g/mol. The second-order valence-corrected chi connectivity index (χ2v) is 9.73. The normalized spacial score (nSPS) is 21.9. The lowest BCUT2D eigenvalue weighted by Gasteiger charge is -2.39. The lowest BCUT2D eigenvalue weighted by molar-refractivity contribution is -0.117. The minimum absolute atomic E-state index is 0.0882. The van der Waals surface area contributed by atoms with Crippen LogP contribution in [0.4, 0.5) is 11.4 Å². The number of benzene rings is 2. The summed E-state index contributed by atoms with van der Waals surface area (Å²) in [5, 5.41) is 2.95. The standard InChI is InChI=1S/C22H24N4O3S/c1-16-5-3-4-6-21(16)24-22(27)15-25-13-18-9-10-19(14-25)26(18)30(28,29)20-11-7-17(23-2)8-12-20/h3-8,11-12,18-19H,9-10,13-15H2,1H3,(H,24,27). The number of fused-ring (bicyclic) bond motifs is 2. The largest absolute Gasteiger partial charge is 0.325 e. The minimum atomic E-state index is -3.63. The van der Waals surface area contributed by atoms with Crippen LogP contribution in [0.25, 0.3) is 4.85 Å². The first-order chi connectivity index (χ1) is 14.4. The number of carbonyl (C=O) groups is 1. The van der Waals surface area contributed by atoms with Crippen molar-refractivity contribution in [3.63, 3.8) is 0 Å². The van der Waals surface area contributed by atoms with Crippen molar-refractivity contribution in [3.8, 4) is 0 Å². The molecule has 2 aromatic carbocycles. The van der Waals surface area contributed by atoms with Crippen molar-refractivity contribution in [1.82, 2.24) is 9.21 Å². The Balaban J connectivity index is 1.43. The number of nitrogens with one attached hydrogen (secondary N) is 1. The quantitative estimate of drug-likeness (QED) is 0.749. The van der Waals surface area contributed by atoms with E-state index in [1.54, 1.807) is 4.31 Å². The number of para-hydroxylation sites is 1. The number of aryl methyl sites for hydroxylation is 1. The summed E-state index contributed by atoms with van der Waals surface area (Å²) in [6, 6.07) is 13.4. The maximum absolute atomic E-state index is 13.2. The van der Waals surface area contributed by atoms with Crippen molar-refractivity contribution in [1.29, 1.82) is 0 Å². The molecule has 7 nitrogen and oxygen atoms in total. The molecule has 2 atom stereocenters. The maximum atomic E-state index is 13.2. The number of nitrogens with zero attached hydrogens (tertiary/aromatic N) is 3. The van der Waals surface area contributed by atoms with Gasteiger partial charge in [0, 0.05) is 30.9 Å². The summed E-state index contributed by atoms with van der Waals surface area (Å²) in [7, 11) is -3.63. The van der Waals surface area contributed by atoms with Gasteiger partial charge in [-0.1, -0.05) is 42.5 Å². The molecule has 0 aromatic heterocycles. The maximum Gasteiger partial charge on any atom is 0.243 e. The Morgan fingerprint density at radius 2 is 1.73 bits per heavy atom. The molecule has 2 aromatic rings. The van der Waals surface area contributed by atoms with Crippen LogP contribution in [0.1, 0.15) is 18.4 Å². The first kappa shape index (κ1) is 20.5. The summed E-state index contributed by atoms with van der Waals surface area (Å²) >= 11 is 0. The van der Waals surface area contributed by atoms with Gasteiger partial charge in [-0.05, 0) is 31.4 Å². The third-order valence-electron chi connectivity index (χ3n) is 5.82. The number of anilines is 1. The Morgan fingerprint density at radius 3 is 2.33 bits per heavy atom. The van der Waals surface area contributed by atoms with Gasteiger partial charge in [-0.3, -0.25) is 9.69 Å². The number of sulfonamides is 1. The van der Waals surface area contributed by atoms with Crippen LogP contribution in [0.2, 0.25) is 0 Å². The number of hydrogen-bond donors (Lipinski definition) is 1. The predicted octanol–water partition coefficient (Wildman–Crippen LogP) is 3.02. The van der Waals surface area contributed by atoms with Gasteiger partial charge in [0.2, 0.25) is 15.9 Å². The molecule has 0 radical (unpaired) electrons. The van der Waals surface area contributed by atoms with Crippen LogP contribution in [-0.4, -0.2) is 55.2 Å². The van der Waals surface area contributed by atoms with E-state index in [9.17, 15) is 13.2 Å². The highest BCUT2D eigenvalue weighted by Gasteiger charge is 2.46. The predicted molar refractivity (Wildman–Crippen MR) is 115 cm³/mol. The van der Waals surface area contributed by atoms with Gasteiger partial charge in [-0.15, -0.1) is 0 Å². The monoisotopic (exact) mass is 424 g/mol. The molecule has 2 heterocycles. The fourth-order valence-corrected chi connectivity index (χ4v) is 6.25. The van der Waals surface area contributed by atoms with Crippen molar-refractivity contribution in [3.05, 3.63) is 65.5 Å². The van der Waals surface area contributed by atoms with Crippen molar-refractivity contribution in [2.24, 2.45) is 0 Å². The summed E-state index contributed by atoms with van der Waals surface area (Å²) in [4.78, 5) is 18.1. The Bertz CT molecular complexity index is 1080. The van der Waals surface area contributed by atoms with Crippen LogP contribution >= 0.6 is 0 Å². The van der Waals surface area contributed by atoms with Crippen LogP contribution in [0.5, 0.6) is 0 Å². The molecule has 2 fully saturated rings. The number of piperazine rings is 1. The molecule has 2 saturated heterocycles. The minimum Gasteiger partial charge on any atom is -0.325 e. The average Bonchev–Trinajstić information content (AvgIpc) is 3.02. The van der Waals surface area contributed by atoms with Gasteiger partial charge in [0.1, 0.15) is 0 Å². The van der Waals surface area contributed by atoms with E-state index in [0.29, 0.717) is 18.8 Å². The van der Waals surface area contributed by atoms with E-state index >= 15 is 0 Å². The van der Waals surface area contributed by atoms with Crippen LogP contribution in [0, 0.1) is 13.5 Å². The fraction of sp³-hybridized carbons (Fsp3) is 0.364. The summed E-state index contributed by atoms with van der Waals surface area (Å²) in [6.07, 6.45) is 1.58. The van der Waals surface area contributed by atoms with E-state index in [1.165, 1.54) is 24.3 Å². The van der Waals surface area contributed by atoms with Gasteiger partial charge in [-0.2, -0.15) is 4.31 Å². The molecule has 2 unspecified atom stereocenters. The smallest absolute Gasteiger partial charge is 0.243 e. The number of rotatable bonds is 5. The lowest BCUT2D eigenvalue weighted by Crippen LogP contribution is -2.56. The molecule has 156 valence electrons. The van der Waals surface area contributed by atoms with Crippen LogP contribution in [0.3, 0.4) is 0 Å². The van der Waals surface area contributed by atoms with Gasteiger partial charge >= 0.3 is 0 Å². The molecular weight excluding hydrogens is 400 g/mol. The molecule has 1 N–H and O–H groups in total. The van der Waals surface area contributed by atoms with E-state index < -0.39 is 10.0 Å².